The Balaban J connectivity index is 1.89. The van der Waals surface area contributed by atoms with Gasteiger partial charge < -0.3 is 15.2 Å². The van der Waals surface area contributed by atoms with Crippen LogP contribution < -0.4 is 10.1 Å². The number of aliphatic hydroxyl groups excluding tert-OH is 1. The van der Waals surface area contributed by atoms with Crippen molar-refractivity contribution in [3.63, 3.8) is 0 Å². The molecule has 2 rings (SSSR count). The zero-order valence-electron chi connectivity index (χ0n) is 10.5. The van der Waals surface area contributed by atoms with Gasteiger partial charge in [-0.1, -0.05) is 12.1 Å². The summed E-state index contributed by atoms with van der Waals surface area (Å²) in [6, 6.07) is 8.96. The van der Waals surface area contributed by atoms with Gasteiger partial charge in [0.1, 0.15) is 5.75 Å². The summed E-state index contributed by atoms with van der Waals surface area (Å²) in [5.74, 6) is 0.898. The Bertz CT molecular complexity index is 348. The van der Waals surface area contributed by atoms with E-state index in [1.165, 1.54) is 5.56 Å². The molecule has 0 unspecified atom stereocenters. The molecule has 0 saturated carbocycles. The average molecular weight is 235 g/mol. The van der Waals surface area contributed by atoms with Crippen LogP contribution in [-0.2, 0) is 6.42 Å². The second kappa shape index (κ2) is 5.52. The summed E-state index contributed by atoms with van der Waals surface area (Å²) >= 11 is 0. The van der Waals surface area contributed by atoms with Crippen molar-refractivity contribution in [2.75, 3.05) is 7.11 Å². The monoisotopic (exact) mass is 235 g/mol. The van der Waals surface area contributed by atoms with Crippen LogP contribution >= 0.6 is 0 Å². The summed E-state index contributed by atoms with van der Waals surface area (Å²) in [6.07, 6.45) is 2.98. The lowest BCUT2D eigenvalue weighted by molar-refractivity contribution is 0.152. The molecule has 3 atom stereocenters. The summed E-state index contributed by atoms with van der Waals surface area (Å²) < 4.78 is 5.14. The van der Waals surface area contributed by atoms with Crippen LogP contribution in [0.25, 0.3) is 0 Å². The largest absolute Gasteiger partial charge is 0.497 e. The molecule has 0 bridgehead atoms. The summed E-state index contributed by atoms with van der Waals surface area (Å²) in [6.45, 7) is 1.85. The Labute approximate surface area is 103 Å². The molecule has 1 fully saturated rings. The predicted octanol–water partition coefficient (Wildman–Crippen LogP) is 1.74. The van der Waals surface area contributed by atoms with Crippen LogP contribution in [0.4, 0.5) is 0 Å². The highest BCUT2D eigenvalue weighted by atomic mass is 16.5. The summed E-state index contributed by atoms with van der Waals surface area (Å²) in [7, 11) is 1.68. The van der Waals surface area contributed by atoms with E-state index in [0.717, 1.165) is 25.0 Å². The molecule has 3 nitrogen and oxygen atoms in total. The number of hydrogen-bond donors (Lipinski definition) is 2. The van der Waals surface area contributed by atoms with Gasteiger partial charge in [-0.05, 0) is 43.9 Å². The fourth-order valence-electron chi connectivity index (χ4n) is 2.44. The van der Waals surface area contributed by atoms with Crippen molar-refractivity contribution >= 4 is 0 Å². The van der Waals surface area contributed by atoms with Crippen LogP contribution in [0.5, 0.6) is 5.75 Å². The number of nitrogens with one attached hydrogen (secondary N) is 1. The lowest BCUT2D eigenvalue weighted by Crippen LogP contribution is -2.37. The molecule has 3 heteroatoms. The zero-order valence-corrected chi connectivity index (χ0v) is 10.5. The van der Waals surface area contributed by atoms with Gasteiger partial charge in [0.2, 0.25) is 0 Å². The van der Waals surface area contributed by atoms with Crippen LogP contribution in [0.2, 0.25) is 0 Å². The first-order chi connectivity index (χ1) is 8.19. The molecule has 1 heterocycles. The zero-order chi connectivity index (χ0) is 12.3. The quantitative estimate of drug-likeness (QED) is 0.835. The standard InChI is InChI=1S/C14H21NO2/c1-10(16)14-8-5-12(15-14)9-11-3-6-13(17-2)7-4-11/h3-4,6-7,10,12,14-16H,5,8-9H2,1-2H3/t10-,12+,14+/m1/s1. The van der Waals surface area contributed by atoms with Crippen molar-refractivity contribution in [1.82, 2.24) is 5.32 Å². The van der Waals surface area contributed by atoms with E-state index in [-0.39, 0.29) is 12.1 Å². The maximum Gasteiger partial charge on any atom is 0.118 e. The van der Waals surface area contributed by atoms with Crippen LogP contribution in [0.3, 0.4) is 0 Å². The minimum Gasteiger partial charge on any atom is -0.497 e. The van der Waals surface area contributed by atoms with Crippen molar-refractivity contribution in [3.05, 3.63) is 29.8 Å². The van der Waals surface area contributed by atoms with E-state index in [4.69, 9.17) is 4.74 Å². The molecule has 0 amide bonds. The van der Waals surface area contributed by atoms with E-state index < -0.39 is 0 Å². The molecule has 17 heavy (non-hydrogen) atoms. The molecular formula is C14H21NO2. The molecular weight excluding hydrogens is 214 g/mol. The average Bonchev–Trinajstić information content (AvgIpc) is 2.79. The van der Waals surface area contributed by atoms with Gasteiger partial charge in [-0.2, -0.15) is 0 Å². The molecule has 1 aliphatic heterocycles. The third-order valence-electron chi connectivity index (χ3n) is 3.50. The Kier molecular flexibility index (Phi) is 4.02. The van der Waals surface area contributed by atoms with E-state index in [9.17, 15) is 5.11 Å². The number of rotatable bonds is 4. The molecule has 0 aromatic heterocycles. The van der Waals surface area contributed by atoms with Crippen molar-refractivity contribution in [3.8, 4) is 5.75 Å². The van der Waals surface area contributed by atoms with E-state index in [1.807, 2.05) is 19.1 Å². The summed E-state index contributed by atoms with van der Waals surface area (Å²) in [5, 5.41) is 13.0. The van der Waals surface area contributed by atoms with Crippen molar-refractivity contribution in [1.29, 1.82) is 0 Å². The van der Waals surface area contributed by atoms with Gasteiger partial charge in [-0.15, -0.1) is 0 Å². The van der Waals surface area contributed by atoms with Gasteiger partial charge in [-0.25, -0.2) is 0 Å². The van der Waals surface area contributed by atoms with Gasteiger partial charge in [0.15, 0.2) is 0 Å². The Hall–Kier alpha value is -1.06. The molecule has 0 radical (unpaired) electrons. The Morgan fingerprint density at radius 3 is 2.59 bits per heavy atom. The third kappa shape index (κ3) is 3.20. The number of aliphatic hydroxyl groups is 1. The molecule has 2 N–H and O–H groups in total. The summed E-state index contributed by atoms with van der Waals surface area (Å²) in [4.78, 5) is 0. The minimum atomic E-state index is -0.254. The van der Waals surface area contributed by atoms with Crippen LogP contribution in [0.15, 0.2) is 24.3 Å². The molecule has 0 spiro atoms. The molecule has 94 valence electrons. The van der Waals surface area contributed by atoms with Gasteiger partial charge in [0.05, 0.1) is 13.2 Å². The fourth-order valence-corrected chi connectivity index (χ4v) is 2.44. The highest BCUT2D eigenvalue weighted by molar-refractivity contribution is 5.27. The van der Waals surface area contributed by atoms with Gasteiger partial charge in [0, 0.05) is 12.1 Å². The molecule has 1 aliphatic rings. The first-order valence-corrected chi connectivity index (χ1v) is 6.26. The highest BCUT2D eigenvalue weighted by Crippen LogP contribution is 2.20. The molecule has 1 aromatic rings. The lowest BCUT2D eigenvalue weighted by atomic mass is 10.0. The maximum absolute atomic E-state index is 9.53. The van der Waals surface area contributed by atoms with Gasteiger partial charge >= 0.3 is 0 Å². The third-order valence-corrected chi connectivity index (χ3v) is 3.50. The normalized spacial score (nSPS) is 25.8. The second-order valence-corrected chi connectivity index (χ2v) is 4.84. The number of ether oxygens (including phenoxy) is 1. The summed E-state index contributed by atoms with van der Waals surface area (Å²) in [5.41, 5.74) is 1.31. The van der Waals surface area contributed by atoms with Crippen molar-refractivity contribution < 1.29 is 9.84 Å². The fraction of sp³-hybridized carbons (Fsp3) is 0.571. The van der Waals surface area contributed by atoms with Crippen LogP contribution in [-0.4, -0.2) is 30.4 Å². The predicted molar refractivity (Wildman–Crippen MR) is 68.3 cm³/mol. The van der Waals surface area contributed by atoms with Crippen molar-refractivity contribution in [2.24, 2.45) is 0 Å². The number of benzene rings is 1. The second-order valence-electron chi connectivity index (χ2n) is 4.84. The Morgan fingerprint density at radius 2 is 2.06 bits per heavy atom. The first-order valence-electron chi connectivity index (χ1n) is 6.26. The van der Waals surface area contributed by atoms with E-state index in [0.29, 0.717) is 6.04 Å². The number of methoxy groups -OCH3 is 1. The first kappa shape index (κ1) is 12.4. The Morgan fingerprint density at radius 1 is 1.35 bits per heavy atom. The van der Waals surface area contributed by atoms with E-state index in [2.05, 4.69) is 17.4 Å². The van der Waals surface area contributed by atoms with Crippen molar-refractivity contribution in [2.45, 2.75) is 44.4 Å². The van der Waals surface area contributed by atoms with E-state index in [1.54, 1.807) is 7.11 Å². The topological polar surface area (TPSA) is 41.5 Å². The van der Waals surface area contributed by atoms with Gasteiger partial charge in [-0.3, -0.25) is 0 Å². The van der Waals surface area contributed by atoms with Gasteiger partial charge in [0.25, 0.3) is 0 Å². The smallest absolute Gasteiger partial charge is 0.118 e. The number of hydrogen-bond acceptors (Lipinski definition) is 3. The lowest BCUT2D eigenvalue weighted by Gasteiger charge is -2.16. The SMILES string of the molecule is COc1ccc(C[C@@H]2CC[C@@H]([C@@H](C)O)N2)cc1. The highest BCUT2D eigenvalue weighted by Gasteiger charge is 2.26. The minimum absolute atomic E-state index is 0.254. The molecule has 1 saturated heterocycles. The maximum atomic E-state index is 9.53. The van der Waals surface area contributed by atoms with Crippen LogP contribution in [0, 0.1) is 0 Å². The van der Waals surface area contributed by atoms with Crippen LogP contribution in [0.1, 0.15) is 25.3 Å². The molecule has 0 aliphatic carbocycles. The molecule has 1 aromatic carbocycles. The van der Waals surface area contributed by atoms with E-state index >= 15 is 0 Å².